The van der Waals surface area contributed by atoms with E-state index < -0.39 is 0 Å². The van der Waals surface area contributed by atoms with Gasteiger partial charge in [-0.15, -0.1) is 0 Å². The minimum atomic E-state index is 0.830. The molecule has 1 aromatic rings. The van der Waals surface area contributed by atoms with Crippen molar-refractivity contribution in [3.05, 3.63) is 47.7 Å². The van der Waals surface area contributed by atoms with Crippen molar-refractivity contribution < 1.29 is 0 Å². The van der Waals surface area contributed by atoms with Crippen molar-refractivity contribution in [2.24, 2.45) is 0 Å². The van der Waals surface area contributed by atoms with Gasteiger partial charge in [0.25, 0.3) is 0 Å². The summed E-state index contributed by atoms with van der Waals surface area (Å²) in [6.45, 7) is 1.68. The maximum atomic E-state index is 3.19. The minimum absolute atomic E-state index is 0.830. The molecule has 0 radical (unpaired) electrons. The lowest BCUT2D eigenvalue weighted by Crippen LogP contribution is -2.32. The molecule has 0 fully saturated rings. The Hall–Kier alpha value is -1.72. The molecule has 0 amide bonds. The van der Waals surface area contributed by atoms with Gasteiger partial charge in [0.15, 0.2) is 0 Å². The largest absolute Gasteiger partial charge is 0.378 e. The first-order chi connectivity index (χ1) is 6.95. The zero-order valence-corrected chi connectivity index (χ0v) is 7.88. The molecule has 2 nitrogen and oxygen atoms in total. The number of rotatable bonds is 0. The second kappa shape index (κ2) is 4.50. The first-order valence-corrected chi connectivity index (χ1v) is 4.65. The third kappa shape index (κ3) is 2.38. The molecule has 0 saturated carbocycles. The fourth-order valence-electron chi connectivity index (χ4n) is 1.25. The van der Waals surface area contributed by atoms with Crippen LogP contribution in [0.3, 0.4) is 0 Å². The molecule has 2 heteroatoms. The number of hydrogen-bond donors (Lipinski definition) is 2. The van der Waals surface area contributed by atoms with Crippen LogP contribution in [0.15, 0.2) is 42.1 Å². The predicted molar refractivity (Wildman–Crippen MR) is 57.4 cm³/mol. The molecular formula is C12H12N2. The summed E-state index contributed by atoms with van der Waals surface area (Å²) in [5.74, 6) is 6.24. The first-order valence-electron chi connectivity index (χ1n) is 4.65. The highest BCUT2D eigenvalue weighted by Crippen LogP contribution is 1.97. The molecule has 1 aromatic carbocycles. The van der Waals surface area contributed by atoms with E-state index in [4.69, 9.17) is 0 Å². The second-order valence-corrected chi connectivity index (χ2v) is 3.09. The van der Waals surface area contributed by atoms with Gasteiger partial charge in [0, 0.05) is 23.9 Å². The standard InChI is InChI=1S/C12H12N2/c1-2-4-11(5-3-1)6-7-12-8-13-10-14-9-12/h1-5,8,13-14H,9-10H2. The Bertz CT molecular complexity index is 382. The van der Waals surface area contributed by atoms with Gasteiger partial charge in [-0.25, -0.2) is 0 Å². The van der Waals surface area contributed by atoms with Crippen LogP contribution in [-0.4, -0.2) is 13.2 Å². The molecule has 1 aliphatic rings. The molecule has 0 spiro atoms. The van der Waals surface area contributed by atoms with E-state index in [2.05, 4.69) is 22.5 Å². The quantitative estimate of drug-likeness (QED) is 0.589. The van der Waals surface area contributed by atoms with Gasteiger partial charge in [-0.1, -0.05) is 30.0 Å². The van der Waals surface area contributed by atoms with Crippen LogP contribution in [0.4, 0.5) is 0 Å². The predicted octanol–water partition coefficient (Wildman–Crippen LogP) is 1.07. The van der Waals surface area contributed by atoms with Gasteiger partial charge >= 0.3 is 0 Å². The van der Waals surface area contributed by atoms with Gasteiger partial charge in [0.05, 0.1) is 6.67 Å². The summed E-state index contributed by atoms with van der Waals surface area (Å²) in [7, 11) is 0. The van der Waals surface area contributed by atoms with Gasteiger partial charge in [-0.2, -0.15) is 0 Å². The summed E-state index contributed by atoms with van der Waals surface area (Å²) in [5.41, 5.74) is 2.15. The molecule has 0 aromatic heterocycles. The van der Waals surface area contributed by atoms with E-state index in [1.165, 1.54) is 0 Å². The van der Waals surface area contributed by atoms with Crippen molar-refractivity contribution >= 4 is 0 Å². The normalized spacial score (nSPS) is 14.7. The summed E-state index contributed by atoms with van der Waals surface area (Å²) < 4.78 is 0. The van der Waals surface area contributed by atoms with Crippen LogP contribution >= 0.6 is 0 Å². The molecule has 14 heavy (non-hydrogen) atoms. The molecule has 2 rings (SSSR count). The zero-order valence-electron chi connectivity index (χ0n) is 7.88. The van der Waals surface area contributed by atoms with E-state index in [9.17, 15) is 0 Å². The summed E-state index contributed by atoms with van der Waals surface area (Å²) in [6, 6.07) is 10.0. The number of nitrogens with one attached hydrogen (secondary N) is 2. The van der Waals surface area contributed by atoms with E-state index in [0.29, 0.717) is 0 Å². The van der Waals surface area contributed by atoms with Crippen molar-refractivity contribution in [3.63, 3.8) is 0 Å². The minimum Gasteiger partial charge on any atom is -0.378 e. The fraction of sp³-hybridized carbons (Fsp3) is 0.167. The maximum Gasteiger partial charge on any atom is 0.0651 e. The summed E-state index contributed by atoms with van der Waals surface area (Å²) >= 11 is 0. The van der Waals surface area contributed by atoms with E-state index in [0.717, 1.165) is 24.4 Å². The van der Waals surface area contributed by atoms with Crippen molar-refractivity contribution in [3.8, 4) is 11.8 Å². The molecule has 0 bridgehead atoms. The van der Waals surface area contributed by atoms with Gasteiger partial charge in [-0.3, -0.25) is 5.32 Å². The van der Waals surface area contributed by atoms with Crippen LogP contribution in [0, 0.1) is 11.8 Å². The SMILES string of the molecule is C(#Cc1ccccc1)C1=CNCNC1. The van der Waals surface area contributed by atoms with Gasteiger partial charge < -0.3 is 5.32 Å². The molecule has 0 unspecified atom stereocenters. The van der Waals surface area contributed by atoms with E-state index in [1.807, 2.05) is 36.5 Å². The van der Waals surface area contributed by atoms with Crippen LogP contribution in [0.2, 0.25) is 0 Å². The average Bonchev–Trinajstić information content (AvgIpc) is 2.29. The lowest BCUT2D eigenvalue weighted by molar-refractivity contribution is 0.657. The van der Waals surface area contributed by atoms with Crippen molar-refractivity contribution in [2.75, 3.05) is 13.2 Å². The molecular weight excluding hydrogens is 172 g/mol. The lowest BCUT2D eigenvalue weighted by atomic mass is 10.2. The Morgan fingerprint density at radius 1 is 1.07 bits per heavy atom. The van der Waals surface area contributed by atoms with Crippen molar-refractivity contribution in [1.29, 1.82) is 0 Å². The van der Waals surface area contributed by atoms with Crippen LogP contribution in [-0.2, 0) is 0 Å². The average molecular weight is 184 g/mol. The molecule has 1 heterocycles. The van der Waals surface area contributed by atoms with Crippen molar-refractivity contribution in [2.45, 2.75) is 0 Å². The molecule has 0 saturated heterocycles. The van der Waals surface area contributed by atoms with E-state index >= 15 is 0 Å². The number of hydrogen-bond acceptors (Lipinski definition) is 2. The third-order valence-corrected chi connectivity index (χ3v) is 1.96. The highest BCUT2D eigenvalue weighted by Gasteiger charge is 1.96. The number of benzene rings is 1. The molecule has 70 valence electrons. The smallest absolute Gasteiger partial charge is 0.0651 e. The van der Waals surface area contributed by atoms with Crippen LogP contribution in [0.1, 0.15) is 5.56 Å². The van der Waals surface area contributed by atoms with Gasteiger partial charge in [0.1, 0.15) is 0 Å². The molecule has 0 atom stereocenters. The lowest BCUT2D eigenvalue weighted by Gasteiger charge is -2.10. The molecule has 1 aliphatic heterocycles. The highest BCUT2D eigenvalue weighted by atomic mass is 15.1. The molecule has 0 aliphatic carbocycles. The van der Waals surface area contributed by atoms with Crippen LogP contribution < -0.4 is 10.6 Å². The summed E-state index contributed by atoms with van der Waals surface area (Å²) in [6.07, 6.45) is 1.96. The monoisotopic (exact) mass is 184 g/mol. The Morgan fingerprint density at radius 3 is 2.64 bits per heavy atom. The van der Waals surface area contributed by atoms with Gasteiger partial charge in [-0.05, 0) is 12.1 Å². The van der Waals surface area contributed by atoms with Crippen LogP contribution in [0.5, 0.6) is 0 Å². The van der Waals surface area contributed by atoms with E-state index in [-0.39, 0.29) is 0 Å². The first kappa shape index (κ1) is 8.86. The Labute approximate surface area is 84.0 Å². The van der Waals surface area contributed by atoms with Crippen molar-refractivity contribution in [1.82, 2.24) is 10.6 Å². The summed E-state index contributed by atoms with van der Waals surface area (Å²) in [4.78, 5) is 0. The Morgan fingerprint density at radius 2 is 1.93 bits per heavy atom. The molecule has 2 N–H and O–H groups in total. The summed E-state index contributed by atoms with van der Waals surface area (Å²) in [5, 5.41) is 6.28. The topological polar surface area (TPSA) is 24.1 Å². The zero-order chi connectivity index (χ0) is 9.64. The van der Waals surface area contributed by atoms with E-state index in [1.54, 1.807) is 0 Å². The Kier molecular flexibility index (Phi) is 2.85. The fourth-order valence-corrected chi connectivity index (χ4v) is 1.25. The second-order valence-electron chi connectivity index (χ2n) is 3.09. The van der Waals surface area contributed by atoms with Crippen LogP contribution in [0.25, 0.3) is 0 Å². The maximum absolute atomic E-state index is 3.19. The van der Waals surface area contributed by atoms with Gasteiger partial charge in [0.2, 0.25) is 0 Å². The third-order valence-electron chi connectivity index (χ3n) is 1.96. The Balaban J connectivity index is 2.10. The highest BCUT2D eigenvalue weighted by molar-refractivity contribution is 5.41.